The number of aromatic nitrogens is 2. The SMILES string of the molecule is Cc1cc(S(=O)(=O)NC(Cc2ccc(-c3noc(C4CCC4)n3)c(F)c2)C(=O)O)ccc1Br. The number of aliphatic carboxylic acids is 1. The van der Waals surface area contributed by atoms with Crippen molar-refractivity contribution in [1.29, 1.82) is 0 Å². The number of aryl methyl sites for hydroxylation is 1. The maximum absolute atomic E-state index is 14.8. The van der Waals surface area contributed by atoms with Crippen molar-refractivity contribution in [1.82, 2.24) is 14.9 Å². The quantitative estimate of drug-likeness (QED) is 0.441. The molecule has 1 fully saturated rings. The topological polar surface area (TPSA) is 122 Å². The Morgan fingerprint density at radius 1 is 1.30 bits per heavy atom. The van der Waals surface area contributed by atoms with E-state index in [-0.39, 0.29) is 28.6 Å². The zero-order chi connectivity index (χ0) is 23.8. The third kappa shape index (κ3) is 5.15. The van der Waals surface area contributed by atoms with Crippen LogP contribution in [0.15, 0.2) is 50.3 Å². The molecule has 1 aliphatic rings. The normalized spacial score (nSPS) is 15.2. The van der Waals surface area contributed by atoms with Crippen LogP contribution in [0.25, 0.3) is 11.4 Å². The highest BCUT2D eigenvalue weighted by Crippen LogP contribution is 2.36. The summed E-state index contributed by atoms with van der Waals surface area (Å²) >= 11 is 3.30. The fourth-order valence-corrected chi connectivity index (χ4v) is 5.01. The van der Waals surface area contributed by atoms with Gasteiger partial charge in [0.2, 0.25) is 21.7 Å². The Labute approximate surface area is 198 Å². The summed E-state index contributed by atoms with van der Waals surface area (Å²) in [6.45, 7) is 1.72. The van der Waals surface area contributed by atoms with Gasteiger partial charge in [-0.3, -0.25) is 4.79 Å². The molecule has 2 aromatic carbocycles. The van der Waals surface area contributed by atoms with E-state index in [1.165, 1.54) is 24.3 Å². The third-order valence-electron chi connectivity index (χ3n) is 5.65. The molecule has 0 radical (unpaired) electrons. The van der Waals surface area contributed by atoms with E-state index >= 15 is 0 Å². The van der Waals surface area contributed by atoms with Crippen molar-refractivity contribution in [3.63, 3.8) is 0 Å². The molecule has 0 amide bonds. The summed E-state index contributed by atoms with van der Waals surface area (Å²) < 4.78 is 48.3. The minimum absolute atomic E-state index is 0.0599. The van der Waals surface area contributed by atoms with Crippen LogP contribution in [0.3, 0.4) is 0 Å². The van der Waals surface area contributed by atoms with Crippen LogP contribution in [0.2, 0.25) is 0 Å². The predicted octanol–water partition coefficient (Wildman–Crippen LogP) is 4.19. The Kier molecular flexibility index (Phi) is 6.64. The second-order valence-electron chi connectivity index (χ2n) is 8.03. The van der Waals surface area contributed by atoms with Crippen molar-refractivity contribution in [2.75, 3.05) is 0 Å². The van der Waals surface area contributed by atoms with E-state index in [0.717, 1.165) is 29.8 Å². The molecule has 1 atom stereocenters. The zero-order valence-corrected chi connectivity index (χ0v) is 20.0. The van der Waals surface area contributed by atoms with Gasteiger partial charge in [0.1, 0.15) is 11.9 Å². The largest absolute Gasteiger partial charge is 0.480 e. The number of hydrogen-bond acceptors (Lipinski definition) is 6. The lowest BCUT2D eigenvalue weighted by molar-refractivity contribution is -0.138. The van der Waals surface area contributed by atoms with E-state index in [9.17, 15) is 22.7 Å². The molecule has 0 aliphatic heterocycles. The van der Waals surface area contributed by atoms with Gasteiger partial charge in [0.15, 0.2) is 0 Å². The second kappa shape index (κ2) is 9.32. The standard InChI is InChI=1S/C22H21BrFN3O5S/c1-12-9-15(6-8-17(12)23)33(30,31)27-19(22(28)29)11-13-5-7-16(18(24)10-13)20-25-21(32-26-20)14-3-2-4-14/h5-10,14,19,27H,2-4,11H2,1H3,(H,28,29). The summed E-state index contributed by atoms with van der Waals surface area (Å²) in [7, 11) is -4.11. The summed E-state index contributed by atoms with van der Waals surface area (Å²) in [5, 5.41) is 13.4. The lowest BCUT2D eigenvalue weighted by Gasteiger charge is -2.20. The van der Waals surface area contributed by atoms with E-state index in [1.54, 1.807) is 13.0 Å². The Balaban J connectivity index is 1.52. The molecule has 33 heavy (non-hydrogen) atoms. The lowest BCUT2D eigenvalue weighted by atomic mass is 9.85. The molecule has 8 nitrogen and oxygen atoms in total. The number of sulfonamides is 1. The molecule has 11 heteroatoms. The van der Waals surface area contributed by atoms with Crippen LogP contribution in [0.5, 0.6) is 0 Å². The van der Waals surface area contributed by atoms with Gasteiger partial charge < -0.3 is 9.63 Å². The molecular weight excluding hydrogens is 517 g/mol. The van der Waals surface area contributed by atoms with Gasteiger partial charge in [-0.2, -0.15) is 9.71 Å². The maximum atomic E-state index is 14.8. The number of carboxylic acid groups (broad SMARTS) is 1. The average Bonchev–Trinajstić information content (AvgIpc) is 3.17. The van der Waals surface area contributed by atoms with Gasteiger partial charge in [-0.15, -0.1) is 0 Å². The van der Waals surface area contributed by atoms with Gasteiger partial charge in [0, 0.05) is 10.4 Å². The van der Waals surface area contributed by atoms with Crippen molar-refractivity contribution in [2.45, 2.75) is 49.5 Å². The van der Waals surface area contributed by atoms with Crippen molar-refractivity contribution in [3.8, 4) is 11.4 Å². The number of rotatable bonds is 8. The van der Waals surface area contributed by atoms with Crippen molar-refractivity contribution in [3.05, 3.63) is 63.7 Å². The number of nitrogens with one attached hydrogen (secondary N) is 1. The first kappa shape index (κ1) is 23.5. The molecule has 1 unspecified atom stereocenters. The fourth-order valence-electron chi connectivity index (χ4n) is 3.49. The lowest BCUT2D eigenvalue weighted by Crippen LogP contribution is -2.42. The Bertz CT molecular complexity index is 1310. The predicted molar refractivity (Wildman–Crippen MR) is 121 cm³/mol. The van der Waals surface area contributed by atoms with E-state index in [0.29, 0.717) is 17.0 Å². The summed E-state index contributed by atoms with van der Waals surface area (Å²) in [6, 6.07) is 7.00. The summed E-state index contributed by atoms with van der Waals surface area (Å²) in [4.78, 5) is 16.0. The number of nitrogens with zero attached hydrogens (tertiary/aromatic N) is 2. The van der Waals surface area contributed by atoms with Crippen LogP contribution in [0.4, 0.5) is 4.39 Å². The van der Waals surface area contributed by atoms with Gasteiger partial charge in [-0.05, 0) is 67.6 Å². The number of carboxylic acids is 1. The minimum Gasteiger partial charge on any atom is -0.480 e. The Hall–Kier alpha value is -2.63. The van der Waals surface area contributed by atoms with Crippen LogP contribution in [-0.4, -0.2) is 35.7 Å². The molecule has 4 rings (SSSR count). The molecule has 3 aromatic rings. The Morgan fingerprint density at radius 3 is 2.67 bits per heavy atom. The van der Waals surface area contributed by atoms with Crippen molar-refractivity contribution >= 4 is 31.9 Å². The van der Waals surface area contributed by atoms with Crippen LogP contribution in [0, 0.1) is 12.7 Å². The smallest absolute Gasteiger partial charge is 0.322 e. The van der Waals surface area contributed by atoms with E-state index in [2.05, 4.69) is 30.8 Å². The number of halogens is 2. The van der Waals surface area contributed by atoms with Gasteiger partial charge >= 0.3 is 5.97 Å². The fraction of sp³-hybridized carbons (Fsp3) is 0.318. The average molecular weight is 538 g/mol. The van der Waals surface area contributed by atoms with E-state index < -0.39 is 27.9 Å². The maximum Gasteiger partial charge on any atom is 0.322 e. The molecule has 1 aromatic heterocycles. The monoisotopic (exact) mass is 537 g/mol. The number of carbonyl (C=O) groups is 1. The highest BCUT2D eigenvalue weighted by atomic mass is 79.9. The Morgan fingerprint density at radius 2 is 2.06 bits per heavy atom. The second-order valence-corrected chi connectivity index (χ2v) is 10.6. The van der Waals surface area contributed by atoms with Crippen LogP contribution < -0.4 is 4.72 Å². The highest BCUT2D eigenvalue weighted by Gasteiger charge is 2.28. The highest BCUT2D eigenvalue weighted by molar-refractivity contribution is 9.10. The number of benzene rings is 2. The molecule has 1 aliphatic carbocycles. The zero-order valence-electron chi connectivity index (χ0n) is 17.6. The molecule has 1 heterocycles. The molecule has 0 spiro atoms. The van der Waals surface area contributed by atoms with Crippen molar-refractivity contribution in [2.24, 2.45) is 0 Å². The molecule has 2 N–H and O–H groups in total. The molecule has 0 saturated heterocycles. The molecule has 174 valence electrons. The first-order chi connectivity index (χ1) is 15.6. The van der Waals surface area contributed by atoms with Gasteiger partial charge in [0.05, 0.1) is 10.5 Å². The molecular formula is C22H21BrFN3O5S. The van der Waals surface area contributed by atoms with E-state index in [4.69, 9.17) is 4.52 Å². The molecule has 1 saturated carbocycles. The van der Waals surface area contributed by atoms with Gasteiger partial charge in [-0.1, -0.05) is 33.6 Å². The first-order valence-electron chi connectivity index (χ1n) is 10.3. The third-order valence-corrected chi connectivity index (χ3v) is 8.00. The number of hydrogen-bond donors (Lipinski definition) is 2. The van der Waals surface area contributed by atoms with Gasteiger partial charge in [-0.25, -0.2) is 12.8 Å². The van der Waals surface area contributed by atoms with Gasteiger partial charge in [0.25, 0.3) is 0 Å². The summed E-state index contributed by atoms with van der Waals surface area (Å²) in [6.07, 6.45) is 2.78. The van der Waals surface area contributed by atoms with Crippen LogP contribution in [0.1, 0.15) is 42.2 Å². The van der Waals surface area contributed by atoms with Crippen LogP contribution in [-0.2, 0) is 21.2 Å². The van der Waals surface area contributed by atoms with E-state index in [1.807, 2.05) is 0 Å². The first-order valence-corrected chi connectivity index (χ1v) is 12.6. The van der Waals surface area contributed by atoms with Crippen molar-refractivity contribution < 1.29 is 27.2 Å². The summed E-state index contributed by atoms with van der Waals surface area (Å²) in [5.74, 6) is -1.19. The minimum atomic E-state index is -4.11. The molecule has 0 bridgehead atoms. The summed E-state index contributed by atoms with van der Waals surface area (Å²) in [5.41, 5.74) is 1.12. The van der Waals surface area contributed by atoms with Crippen LogP contribution >= 0.6 is 15.9 Å².